The van der Waals surface area contributed by atoms with Crippen LogP contribution in [0.5, 0.6) is 17.2 Å². The van der Waals surface area contributed by atoms with Crippen molar-refractivity contribution in [1.82, 2.24) is 0 Å². The summed E-state index contributed by atoms with van der Waals surface area (Å²) in [5, 5.41) is 21.2. The summed E-state index contributed by atoms with van der Waals surface area (Å²) in [6.45, 7) is 2.84. The first-order chi connectivity index (χ1) is 15.9. The number of carbonyl (C=O) groups is 2. The van der Waals surface area contributed by atoms with Gasteiger partial charge in [-0.15, -0.1) is 0 Å². The van der Waals surface area contributed by atoms with Crippen LogP contribution in [0.1, 0.15) is 70.9 Å². The van der Waals surface area contributed by atoms with Gasteiger partial charge < -0.3 is 14.9 Å². The molecule has 0 unspecified atom stereocenters. The van der Waals surface area contributed by atoms with Gasteiger partial charge in [-0.1, -0.05) is 56.3 Å². The van der Waals surface area contributed by atoms with Crippen molar-refractivity contribution in [1.29, 1.82) is 0 Å². The van der Waals surface area contributed by atoms with Crippen molar-refractivity contribution in [3.05, 3.63) is 75.8 Å². The van der Waals surface area contributed by atoms with E-state index in [0.717, 1.165) is 18.6 Å². The van der Waals surface area contributed by atoms with E-state index in [2.05, 4.69) is 6.92 Å². The molecule has 0 fully saturated rings. The molecule has 0 aliphatic heterocycles. The Balaban J connectivity index is 1.58. The van der Waals surface area contributed by atoms with Gasteiger partial charge in [0.1, 0.15) is 17.2 Å². The Morgan fingerprint density at radius 1 is 0.788 bits per heavy atom. The van der Waals surface area contributed by atoms with Crippen LogP contribution in [0.15, 0.2) is 48.5 Å². The second-order valence-corrected chi connectivity index (χ2v) is 8.61. The van der Waals surface area contributed by atoms with Crippen LogP contribution in [-0.2, 0) is 0 Å². The highest BCUT2D eigenvalue weighted by molar-refractivity contribution is 6.34. The van der Waals surface area contributed by atoms with E-state index in [0.29, 0.717) is 17.7 Å². The average molecular weight is 465 g/mol. The molecule has 170 valence electrons. The molecule has 0 spiro atoms. The molecule has 3 aromatic carbocycles. The third-order valence-corrected chi connectivity index (χ3v) is 6.10. The maximum Gasteiger partial charge on any atom is 0.198 e. The molecular formula is C27H25ClO5. The fourth-order valence-electron chi connectivity index (χ4n) is 4.15. The molecule has 2 N–H and O–H groups in total. The number of hydrogen-bond acceptors (Lipinski definition) is 5. The van der Waals surface area contributed by atoms with Gasteiger partial charge >= 0.3 is 0 Å². The summed E-state index contributed by atoms with van der Waals surface area (Å²) >= 11 is 5.97. The van der Waals surface area contributed by atoms with Crippen molar-refractivity contribution < 1.29 is 24.5 Å². The SMILES string of the molecule is CCCCCCCOc1ccc(-c2ccc3c(c2O)C(=O)c2cc(Cl)cc(O)c2C3=O)cc1. The minimum absolute atomic E-state index is 0.0207. The predicted molar refractivity (Wildman–Crippen MR) is 128 cm³/mol. The molecule has 3 aromatic rings. The standard InChI is InChI=1S/C27H25ClO5/c1-2-3-4-5-6-13-33-18-9-7-16(8-10-18)19-11-12-20-24(25(19)30)27(32)21-14-17(28)15-22(29)23(21)26(20)31/h7-12,14-15,29-30H,2-6,13H2,1H3. The number of fused-ring (bicyclic) bond motifs is 2. The molecule has 1 aliphatic carbocycles. The van der Waals surface area contributed by atoms with Crippen LogP contribution in [0, 0.1) is 0 Å². The first kappa shape index (κ1) is 22.9. The maximum atomic E-state index is 13.1. The van der Waals surface area contributed by atoms with Crippen molar-refractivity contribution in [2.24, 2.45) is 0 Å². The summed E-state index contributed by atoms with van der Waals surface area (Å²) < 4.78 is 5.79. The molecule has 33 heavy (non-hydrogen) atoms. The van der Waals surface area contributed by atoms with E-state index >= 15 is 0 Å². The monoisotopic (exact) mass is 464 g/mol. The number of hydrogen-bond donors (Lipinski definition) is 2. The molecule has 6 heteroatoms. The lowest BCUT2D eigenvalue weighted by molar-refractivity contribution is 0.0974. The van der Waals surface area contributed by atoms with Crippen LogP contribution >= 0.6 is 11.6 Å². The van der Waals surface area contributed by atoms with Gasteiger partial charge in [0.2, 0.25) is 0 Å². The van der Waals surface area contributed by atoms with Crippen molar-refractivity contribution in [3.63, 3.8) is 0 Å². The van der Waals surface area contributed by atoms with Crippen molar-refractivity contribution in [2.45, 2.75) is 39.0 Å². The number of ether oxygens (including phenoxy) is 1. The molecule has 0 aromatic heterocycles. The molecule has 0 saturated carbocycles. The summed E-state index contributed by atoms with van der Waals surface area (Å²) in [4.78, 5) is 26.1. The second kappa shape index (κ2) is 9.67. The Kier molecular flexibility index (Phi) is 6.70. The van der Waals surface area contributed by atoms with E-state index in [9.17, 15) is 19.8 Å². The van der Waals surface area contributed by atoms with Crippen LogP contribution in [-0.4, -0.2) is 28.4 Å². The number of phenolic OH excluding ortho intramolecular Hbond substituents is 2. The lowest BCUT2D eigenvalue weighted by Gasteiger charge is -2.21. The van der Waals surface area contributed by atoms with Gasteiger partial charge in [-0.05, 0) is 48.4 Å². The number of rotatable bonds is 8. The molecule has 1 aliphatic rings. The maximum absolute atomic E-state index is 13.1. The van der Waals surface area contributed by atoms with Crippen molar-refractivity contribution in [3.8, 4) is 28.4 Å². The summed E-state index contributed by atoms with van der Waals surface area (Å²) in [7, 11) is 0. The molecule has 4 rings (SSSR count). The molecule has 0 radical (unpaired) electrons. The lowest BCUT2D eigenvalue weighted by Crippen LogP contribution is -2.21. The van der Waals surface area contributed by atoms with Gasteiger partial charge in [0.05, 0.1) is 17.7 Å². The Bertz CT molecular complexity index is 1210. The summed E-state index contributed by atoms with van der Waals surface area (Å²) in [6.07, 6.45) is 5.82. The number of carbonyl (C=O) groups excluding carboxylic acids is 2. The molecule has 0 atom stereocenters. The van der Waals surface area contributed by atoms with Crippen molar-refractivity contribution in [2.75, 3.05) is 6.61 Å². The first-order valence-corrected chi connectivity index (χ1v) is 11.5. The number of ketones is 2. The highest BCUT2D eigenvalue weighted by Crippen LogP contribution is 2.42. The number of halogens is 1. The highest BCUT2D eigenvalue weighted by Gasteiger charge is 2.35. The zero-order chi connectivity index (χ0) is 23.5. The van der Waals surface area contributed by atoms with Gasteiger partial charge in [0.25, 0.3) is 0 Å². The largest absolute Gasteiger partial charge is 0.507 e. The number of unbranched alkanes of at least 4 members (excludes halogenated alkanes) is 4. The molecule has 0 saturated heterocycles. The Morgan fingerprint density at radius 3 is 2.18 bits per heavy atom. The van der Waals surface area contributed by atoms with Crippen LogP contribution < -0.4 is 4.74 Å². The molecule has 0 bridgehead atoms. The van der Waals surface area contributed by atoms with Gasteiger partial charge in [-0.2, -0.15) is 0 Å². The van der Waals surface area contributed by atoms with Crippen LogP contribution in [0.3, 0.4) is 0 Å². The van der Waals surface area contributed by atoms with Gasteiger partial charge in [-0.25, -0.2) is 0 Å². The van der Waals surface area contributed by atoms with E-state index in [-0.39, 0.29) is 38.8 Å². The lowest BCUT2D eigenvalue weighted by atomic mass is 9.81. The summed E-state index contributed by atoms with van der Waals surface area (Å²) in [5.74, 6) is -0.985. The Labute approximate surface area is 197 Å². The number of phenols is 2. The smallest absolute Gasteiger partial charge is 0.198 e. The topological polar surface area (TPSA) is 83.8 Å². The highest BCUT2D eigenvalue weighted by atomic mass is 35.5. The molecular weight excluding hydrogens is 440 g/mol. The van der Waals surface area contributed by atoms with E-state index < -0.39 is 11.6 Å². The van der Waals surface area contributed by atoms with E-state index in [1.54, 1.807) is 18.2 Å². The van der Waals surface area contributed by atoms with E-state index in [1.165, 1.54) is 37.5 Å². The molecule has 0 amide bonds. The van der Waals surface area contributed by atoms with E-state index in [4.69, 9.17) is 16.3 Å². The fourth-order valence-corrected chi connectivity index (χ4v) is 4.36. The average Bonchev–Trinajstić information content (AvgIpc) is 2.79. The third-order valence-electron chi connectivity index (χ3n) is 5.89. The van der Waals surface area contributed by atoms with Gasteiger partial charge in [-0.3, -0.25) is 9.59 Å². The second-order valence-electron chi connectivity index (χ2n) is 8.18. The van der Waals surface area contributed by atoms with Crippen LogP contribution in [0.4, 0.5) is 0 Å². The first-order valence-electron chi connectivity index (χ1n) is 11.1. The van der Waals surface area contributed by atoms with Crippen LogP contribution in [0.25, 0.3) is 11.1 Å². The number of aromatic hydroxyl groups is 2. The normalized spacial score (nSPS) is 12.4. The minimum atomic E-state index is -0.556. The predicted octanol–water partition coefficient (Wildman–Crippen LogP) is 6.54. The van der Waals surface area contributed by atoms with E-state index in [1.807, 2.05) is 12.1 Å². The Hall–Kier alpha value is -3.31. The van der Waals surface area contributed by atoms with Crippen molar-refractivity contribution >= 4 is 23.2 Å². The van der Waals surface area contributed by atoms with Crippen LogP contribution in [0.2, 0.25) is 5.02 Å². The third kappa shape index (κ3) is 4.46. The van der Waals surface area contributed by atoms with Gasteiger partial charge in [0, 0.05) is 21.7 Å². The zero-order valence-electron chi connectivity index (χ0n) is 18.4. The zero-order valence-corrected chi connectivity index (χ0v) is 19.1. The minimum Gasteiger partial charge on any atom is -0.507 e. The summed E-state index contributed by atoms with van der Waals surface area (Å²) in [6, 6.07) is 12.9. The van der Waals surface area contributed by atoms with Gasteiger partial charge in [0.15, 0.2) is 11.6 Å². The molecule has 5 nitrogen and oxygen atoms in total. The fraction of sp³-hybridized carbons (Fsp3) is 0.259. The number of benzene rings is 3. The Morgan fingerprint density at radius 2 is 1.45 bits per heavy atom. The molecule has 0 heterocycles. The summed E-state index contributed by atoms with van der Waals surface area (Å²) in [5.41, 5.74) is 0.961. The quantitative estimate of drug-likeness (QED) is 0.289.